The number of aliphatic hydroxyl groups excluding tert-OH is 6. The summed E-state index contributed by atoms with van der Waals surface area (Å²) in [5, 5.41) is 96.8. The van der Waals surface area contributed by atoms with Gasteiger partial charge in [0.05, 0.1) is 55.8 Å². The van der Waals surface area contributed by atoms with Gasteiger partial charge in [-0.15, -0.1) is 0 Å². The molecule has 14 N–H and O–H groups in total. The van der Waals surface area contributed by atoms with Crippen molar-refractivity contribution in [2.24, 2.45) is 11.8 Å². The van der Waals surface area contributed by atoms with Crippen LogP contribution in [0.4, 0.5) is 4.79 Å². The number of hydrogen-bond donors (Lipinski definition) is 14. The lowest BCUT2D eigenvalue weighted by Gasteiger charge is -2.37. The Bertz CT molecular complexity index is 3990. The molecule has 0 aromatic heterocycles. The van der Waals surface area contributed by atoms with Crippen molar-refractivity contribution in [3.05, 3.63) is 180 Å². The van der Waals surface area contributed by atoms with Gasteiger partial charge in [-0.1, -0.05) is 147 Å². The van der Waals surface area contributed by atoms with E-state index in [0.29, 0.717) is 47.0 Å². The number of methoxy groups -OCH3 is 1. The minimum absolute atomic E-state index is 0.0249. The van der Waals surface area contributed by atoms with Crippen molar-refractivity contribution in [1.82, 2.24) is 37.2 Å². The predicted octanol–water partition coefficient (Wildman–Crippen LogP) is 6.38. The minimum Gasteiger partial charge on any atom is -0.479 e. The molecule has 0 fully saturated rings. The van der Waals surface area contributed by atoms with Crippen LogP contribution in [0.2, 0.25) is 0 Å². The zero-order valence-corrected chi connectivity index (χ0v) is 65.8. The van der Waals surface area contributed by atoms with Crippen molar-refractivity contribution < 1.29 is 97.8 Å². The van der Waals surface area contributed by atoms with Crippen LogP contribution in [0.1, 0.15) is 118 Å². The van der Waals surface area contributed by atoms with Gasteiger partial charge >= 0.3 is 18.0 Å². The maximum absolute atomic E-state index is 13.9. The standard InChI is InChI=1S/C83H107N7O20S2/c1-51(74(98)69(95)48-86-76(100)59-32-28-57(29-33-59)55-20-10-8-11-21-55)72(88-53(3)91)67(93)46-82(5,79(103)104)109-40-18-42-112-45-39-85-78(102)66(90-81(106)108-50-65-63-26-16-14-24-61(63)62-25-15-17-27-64(62)65)36-37-71(97)84-38-44-111-43-19-41-110-83(6,80(105)107-7)47-68(94)73(89-54(4)92)52(2)75(99)70(96)49-87-77(101)60-34-30-58(31-35-60)56-22-12-9-13-23-56/h8-17,20-35,51-52,65-70,72-75,93-96,98-99H,18-19,36-50H2,1-7H3,(H,84,97)(H,85,102)(H,86,100)(H,87,101)(H,88,91)(H,89,92)(H,90,106)(H,103,104)/t51?,52?,66?,67?,68?,69-,70+,72?,73?,74?,75-,82?,83?/m0/s1. The molecule has 10 unspecified atom stereocenters. The summed E-state index contributed by atoms with van der Waals surface area (Å²) in [6.45, 7) is 7.60. The van der Waals surface area contributed by atoms with E-state index in [1.54, 1.807) is 48.5 Å². The quantitative estimate of drug-likeness (QED) is 0.0145. The van der Waals surface area contributed by atoms with E-state index < -0.39 is 138 Å². The average Bonchev–Trinajstić information content (AvgIpc) is 1.62. The third-order valence-corrected chi connectivity index (χ3v) is 21.9. The molecule has 7 rings (SSSR count). The van der Waals surface area contributed by atoms with Crippen molar-refractivity contribution in [1.29, 1.82) is 0 Å². The largest absolute Gasteiger partial charge is 0.479 e. The second kappa shape index (κ2) is 44.8. The molecule has 6 aromatic carbocycles. The first-order chi connectivity index (χ1) is 53.5. The number of alkyl carbamates (subject to hydrolysis) is 1. The predicted molar refractivity (Wildman–Crippen MR) is 427 cm³/mol. The Kier molecular flexibility index (Phi) is 36.0. The van der Waals surface area contributed by atoms with Crippen molar-refractivity contribution in [2.75, 3.05) is 76.1 Å². The smallest absolute Gasteiger partial charge is 0.407 e. The Hall–Kier alpha value is -9.27. The average molecular weight is 1590 g/mol. The van der Waals surface area contributed by atoms with Gasteiger partial charge in [0.15, 0.2) is 11.2 Å². The Balaban J connectivity index is 0.838. The summed E-state index contributed by atoms with van der Waals surface area (Å²) < 4.78 is 22.8. The lowest BCUT2D eigenvalue weighted by molar-refractivity contribution is -0.172. The number of nitrogens with one attached hydrogen (secondary N) is 7. The fourth-order valence-electron chi connectivity index (χ4n) is 13.3. The molecular formula is C83H107N7O20S2. The summed E-state index contributed by atoms with van der Waals surface area (Å²) in [6, 6.07) is 44.8. The molecule has 606 valence electrons. The van der Waals surface area contributed by atoms with E-state index in [4.69, 9.17) is 18.9 Å². The maximum atomic E-state index is 13.9. The molecule has 27 nitrogen and oxygen atoms in total. The molecule has 0 saturated heterocycles. The zero-order chi connectivity index (χ0) is 81.5. The first-order valence-electron chi connectivity index (χ1n) is 37.5. The minimum atomic E-state index is -1.98. The summed E-state index contributed by atoms with van der Waals surface area (Å²) in [5.74, 6) is -5.91. The number of benzene rings is 6. The molecular weight excluding hydrogens is 1480 g/mol. The number of carboxylic acids is 1. The number of aliphatic hydroxyl groups is 6. The fraction of sp³-hybridized carbons (Fsp3) is 0.458. The van der Waals surface area contributed by atoms with Gasteiger partial charge in [0.2, 0.25) is 23.6 Å². The molecule has 7 amide bonds. The Morgan fingerprint density at radius 3 is 1.34 bits per heavy atom. The number of ether oxygens (including phenoxy) is 4. The Morgan fingerprint density at radius 1 is 0.491 bits per heavy atom. The van der Waals surface area contributed by atoms with Gasteiger partial charge in [0, 0.05) is 113 Å². The van der Waals surface area contributed by atoms with E-state index in [-0.39, 0.29) is 71.2 Å². The molecule has 6 aromatic rings. The van der Waals surface area contributed by atoms with Gasteiger partial charge in [-0.25, -0.2) is 14.4 Å². The lowest BCUT2D eigenvalue weighted by atomic mass is 9.84. The van der Waals surface area contributed by atoms with Crippen LogP contribution >= 0.6 is 23.5 Å². The van der Waals surface area contributed by atoms with Crippen LogP contribution in [-0.4, -0.2) is 231 Å². The second-order valence-electron chi connectivity index (χ2n) is 28.2. The van der Waals surface area contributed by atoms with E-state index in [1.165, 1.54) is 65.1 Å². The lowest BCUT2D eigenvalue weighted by Crippen LogP contribution is -2.56. The maximum Gasteiger partial charge on any atom is 0.407 e. The Labute approximate surface area is 661 Å². The van der Waals surface area contributed by atoms with Gasteiger partial charge in [-0.2, -0.15) is 23.5 Å². The highest BCUT2D eigenvalue weighted by Crippen LogP contribution is 2.44. The highest BCUT2D eigenvalue weighted by atomic mass is 32.2. The van der Waals surface area contributed by atoms with Gasteiger partial charge in [-0.3, -0.25) is 28.8 Å². The van der Waals surface area contributed by atoms with Gasteiger partial charge in [-0.05, 0) is 113 Å². The van der Waals surface area contributed by atoms with Crippen LogP contribution in [-0.2, 0) is 47.7 Å². The number of carboxylic acid groups (broad SMARTS) is 1. The molecule has 0 radical (unpaired) electrons. The number of carbonyl (C=O) groups excluding carboxylic acids is 8. The molecule has 112 heavy (non-hydrogen) atoms. The van der Waals surface area contributed by atoms with Crippen LogP contribution in [0.5, 0.6) is 0 Å². The van der Waals surface area contributed by atoms with Crippen LogP contribution < -0.4 is 37.2 Å². The Morgan fingerprint density at radius 2 is 0.902 bits per heavy atom. The van der Waals surface area contributed by atoms with Crippen molar-refractivity contribution in [2.45, 2.75) is 152 Å². The van der Waals surface area contributed by atoms with Crippen LogP contribution in [0, 0.1) is 11.8 Å². The van der Waals surface area contributed by atoms with Gasteiger partial charge in [0.25, 0.3) is 11.8 Å². The number of fused-ring (bicyclic) bond motifs is 3. The molecule has 0 spiro atoms. The monoisotopic (exact) mass is 1590 g/mol. The summed E-state index contributed by atoms with van der Waals surface area (Å²) in [4.78, 5) is 118. The van der Waals surface area contributed by atoms with Crippen LogP contribution in [0.25, 0.3) is 33.4 Å². The van der Waals surface area contributed by atoms with E-state index in [1.807, 2.05) is 109 Å². The highest BCUT2D eigenvalue weighted by molar-refractivity contribution is 7.99. The number of aliphatic carboxylic acids is 1. The number of amides is 7. The molecule has 13 atom stereocenters. The third kappa shape index (κ3) is 27.0. The molecule has 1 aliphatic rings. The van der Waals surface area contributed by atoms with Crippen molar-refractivity contribution >= 4 is 77.0 Å². The zero-order valence-electron chi connectivity index (χ0n) is 64.2. The number of hydrogen-bond acceptors (Lipinski definition) is 21. The molecule has 0 bridgehead atoms. The number of thioether (sulfide) groups is 2. The number of esters is 1. The topological polar surface area (TPSA) is 416 Å². The van der Waals surface area contributed by atoms with Crippen LogP contribution in [0.15, 0.2) is 158 Å². The summed E-state index contributed by atoms with van der Waals surface area (Å²) in [5.41, 5.74) is 4.67. The summed E-state index contributed by atoms with van der Waals surface area (Å²) >= 11 is 2.89. The van der Waals surface area contributed by atoms with Crippen LogP contribution in [0.3, 0.4) is 0 Å². The first kappa shape index (κ1) is 89.9. The fourth-order valence-corrected chi connectivity index (χ4v) is 14.9. The van der Waals surface area contributed by atoms with E-state index in [2.05, 4.69) is 37.2 Å². The molecule has 0 heterocycles. The number of rotatable bonds is 47. The van der Waals surface area contributed by atoms with Gasteiger partial charge in [0.1, 0.15) is 12.6 Å². The SMILES string of the molecule is COC(=O)C(C)(CC(O)C(NC(C)=O)C(C)[C@H](O)[C@H](O)CNC(=O)c1ccc(-c2ccccc2)cc1)OCCCSCCNC(=O)CCC(NC(=O)OCC1c2ccccc2-c2ccccc21)C(=O)NCCSCCCOC(C)(CC(O)C(NC(C)=O)C(C)C(O)[C@@H](O)CNC(=O)c1ccc(-c2ccccc2)cc1)C(=O)O. The molecule has 0 aliphatic heterocycles. The van der Waals surface area contributed by atoms with Crippen molar-refractivity contribution in [3.8, 4) is 33.4 Å². The van der Waals surface area contributed by atoms with E-state index >= 15 is 0 Å². The van der Waals surface area contributed by atoms with E-state index in [0.717, 1.165) is 51.6 Å². The highest BCUT2D eigenvalue weighted by Gasteiger charge is 2.45. The number of carbonyl (C=O) groups is 9. The molecule has 0 saturated carbocycles. The first-order valence-corrected chi connectivity index (χ1v) is 39.8. The van der Waals surface area contributed by atoms with E-state index in [9.17, 15) is 78.9 Å². The summed E-state index contributed by atoms with van der Waals surface area (Å²) in [7, 11) is 1.16. The molecule has 1 aliphatic carbocycles. The van der Waals surface area contributed by atoms with Gasteiger partial charge < -0.3 is 91.9 Å². The van der Waals surface area contributed by atoms with Crippen molar-refractivity contribution in [3.63, 3.8) is 0 Å². The second-order valence-corrected chi connectivity index (χ2v) is 30.7. The third-order valence-electron chi connectivity index (χ3n) is 19.7. The normalized spacial score (nSPS) is 15.8. The summed E-state index contributed by atoms with van der Waals surface area (Å²) in [6.07, 6.45) is -10.7. The molecule has 29 heteroatoms.